The van der Waals surface area contributed by atoms with Gasteiger partial charge < -0.3 is 15.6 Å². The first kappa shape index (κ1) is 16.9. The van der Waals surface area contributed by atoms with Crippen molar-refractivity contribution in [2.45, 2.75) is 6.42 Å². The molecule has 0 spiro atoms. The maximum atomic E-state index is 12.5. The van der Waals surface area contributed by atoms with Crippen LogP contribution in [0.2, 0.25) is 0 Å². The standard InChI is InChI=1S/C23H21N3O/c27-23(24-16-15-17-9-3-1-4-10-17)26-22-19-13-7-8-14-20(19)25-21(22)18-11-5-2-6-12-18/h1-14,25H,15-16H2,(H2,24,26,27). The minimum absolute atomic E-state index is 0.201. The van der Waals surface area contributed by atoms with Crippen LogP contribution in [0.25, 0.3) is 22.2 Å². The smallest absolute Gasteiger partial charge is 0.319 e. The van der Waals surface area contributed by atoms with Gasteiger partial charge in [-0.15, -0.1) is 0 Å². The maximum Gasteiger partial charge on any atom is 0.319 e. The highest BCUT2D eigenvalue weighted by atomic mass is 16.2. The highest BCUT2D eigenvalue weighted by molar-refractivity contribution is 6.07. The number of aromatic amines is 1. The van der Waals surface area contributed by atoms with Crippen molar-refractivity contribution in [3.8, 4) is 11.3 Å². The number of para-hydroxylation sites is 1. The molecular weight excluding hydrogens is 334 g/mol. The van der Waals surface area contributed by atoms with Crippen molar-refractivity contribution in [2.75, 3.05) is 11.9 Å². The van der Waals surface area contributed by atoms with Gasteiger partial charge in [0, 0.05) is 23.0 Å². The fourth-order valence-corrected chi connectivity index (χ4v) is 3.22. The zero-order chi connectivity index (χ0) is 18.5. The molecule has 0 fully saturated rings. The highest BCUT2D eigenvalue weighted by Crippen LogP contribution is 2.34. The molecule has 0 aliphatic heterocycles. The van der Waals surface area contributed by atoms with E-state index in [0.717, 1.165) is 34.3 Å². The number of benzene rings is 3. The van der Waals surface area contributed by atoms with Crippen LogP contribution in [0.15, 0.2) is 84.9 Å². The first-order valence-corrected chi connectivity index (χ1v) is 9.06. The number of carbonyl (C=O) groups excluding carboxylic acids is 1. The number of anilines is 1. The molecule has 134 valence electrons. The van der Waals surface area contributed by atoms with Crippen molar-refractivity contribution >= 4 is 22.6 Å². The van der Waals surface area contributed by atoms with Gasteiger partial charge in [-0.05, 0) is 18.1 Å². The van der Waals surface area contributed by atoms with Gasteiger partial charge in [0.1, 0.15) is 0 Å². The summed E-state index contributed by atoms with van der Waals surface area (Å²) >= 11 is 0. The van der Waals surface area contributed by atoms with Gasteiger partial charge >= 0.3 is 6.03 Å². The Bertz CT molecular complexity index is 1040. The molecule has 4 aromatic rings. The molecule has 0 aliphatic carbocycles. The summed E-state index contributed by atoms with van der Waals surface area (Å²) in [6.07, 6.45) is 0.799. The number of urea groups is 1. The van der Waals surface area contributed by atoms with Crippen LogP contribution in [-0.4, -0.2) is 17.6 Å². The largest absolute Gasteiger partial charge is 0.353 e. The van der Waals surface area contributed by atoms with Gasteiger partial charge in [-0.1, -0.05) is 78.9 Å². The van der Waals surface area contributed by atoms with Gasteiger partial charge in [0.2, 0.25) is 0 Å². The second-order valence-corrected chi connectivity index (χ2v) is 6.40. The summed E-state index contributed by atoms with van der Waals surface area (Å²) in [5.41, 5.74) is 4.95. The number of hydrogen-bond acceptors (Lipinski definition) is 1. The number of hydrogen-bond donors (Lipinski definition) is 3. The number of rotatable bonds is 5. The molecule has 3 aromatic carbocycles. The van der Waals surface area contributed by atoms with Crippen molar-refractivity contribution < 1.29 is 4.79 Å². The van der Waals surface area contributed by atoms with E-state index in [1.54, 1.807) is 0 Å². The number of fused-ring (bicyclic) bond motifs is 1. The Labute approximate surface area is 158 Å². The van der Waals surface area contributed by atoms with Crippen LogP contribution < -0.4 is 10.6 Å². The Morgan fingerprint density at radius 1 is 0.815 bits per heavy atom. The summed E-state index contributed by atoms with van der Waals surface area (Å²) < 4.78 is 0. The van der Waals surface area contributed by atoms with Crippen LogP contribution in [0.5, 0.6) is 0 Å². The SMILES string of the molecule is O=C(NCCc1ccccc1)Nc1c(-c2ccccc2)[nH]c2ccccc12. The summed E-state index contributed by atoms with van der Waals surface area (Å²) in [7, 11) is 0. The second-order valence-electron chi connectivity index (χ2n) is 6.40. The van der Waals surface area contributed by atoms with Gasteiger partial charge in [0.25, 0.3) is 0 Å². The summed E-state index contributed by atoms with van der Waals surface area (Å²) in [5, 5.41) is 6.98. The molecule has 0 saturated carbocycles. The molecule has 27 heavy (non-hydrogen) atoms. The number of amides is 2. The van der Waals surface area contributed by atoms with Crippen molar-refractivity contribution in [3.63, 3.8) is 0 Å². The predicted molar refractivity (Wildman–Crippen MR) is 111 cm³/mol. The number of carbonyl (C=O) groups is 1. The molecule has 2 amide bonds. The molecule has 0 saturated heterocycles. The molecule has 4 heteroatoms. The molecule has 0 unspecified atom stereocenters. The Morgan fingerprint density at radius 2 is 1.48 bits per heavy atom. The maximum absolute atomic E-state index is 12.5. The third-order valence-corrected chi connectivity index (χ3v) is 4.55. The fraction of sp³-hybridized carbons (Fsp3) is 0.0870. The summed E-state index contributed by atoms with van der Waals surface area (Å²) in [4.78, 5) is 15.9. The van der Waals surface area contributed by atoms with Gasteiger partial charge in [-0.2, -0.15) is 0 Å². The van der Waals surface area contributed by atoms with E-state index in [4.69, 9.17) is 0 Å². The highest BCUT2D eigenvalue weighted by Gasteiger charge is 2.15. The lowest BCUT2D eigenvalue weighted by Crippen LogP contribution is -2.30. The Morgan fingerprint density at radius 3 is 2.26 bits per heavy atom. The zero-order valence-electron chi connectivity index (χ0n) is 14.9. The minimum Gasteiger partial charge on any atom is -0.353 e. The van der Waals surface area contributed by atoms with E-state index in [9.17, 15) is 4.79 Å². The Hall–Kier alpha value is -3.53. The van der Waals surface area contributed by atoms with E-state index in [1.807, 2.05) is 72.8 Å². The third-order valence-electron chi connectivity index (χ3n) is 4.55. The van der Waals surface area contributed by atoms with Gasteiger partial charge in [0.15, 0.2) is 0 Å². The van der Waals surface area contributed by atoms with Crippen LogP contribution in [0.4, 0.5) is 10.5 Å². The molecule has 3 N–H and O–H groups in total. The monoisotopic (exact) mass is 355 g/mol. The van der Waals surface area contributed by atoms with Gasteiger partial charge in [-0.25, -0.2) is 4.79 Å². The van der Waals surface area contributed by atoms with Crippen molar-refractivity contribution in [1.82, 2.24) is 10.3 Å². The zero-order valence-corrected chi connectivity index (χ0v) is 14.9. The molecule has 0 radical (unpaired) electrons. The van der Waals surface area contributed by atoms with E-state index >= 15 is 0 Å². The molecule has 0 bridgehead atoms. The molecule has 4 nitrogen and oxygen atoms in total. The molecule has 0 atom stereocenters. The van der Waals surface area contributed by atoms with Crippen LogP contribution in [-0.2, 0) is 6.42 Å². The minimum atomic E-state index is -0.201. The first-order valence-electron chi connectivity index (χ1n) is 9.06. The van der Waals surface area contributed by atoms with E-state index < -0.39 is 0 Å². The summed E-state index contributed by atoms with van der Waals surface area (Å²) in [6.45, 7) is 0.582. The number of nitrogens with one attached hydrogen (secondary N) is 3. The number of aromatic nitrogens is 1. The molecule has 4 rings (SSSR count). The van der Waals surface area contributed by atoms with Crippen LogP contribution in [0.3, 0.4) is 0 Å². The topological polar surface area (TPSA) is 56.9 Å². The van der Waals surface area contributed by atoms with Crippen molar-refractivity contribution in [3.05, 3.63) is 90.5 Å². The predicted octanol–water partition coefficient (Wildman–Crippen LogP) is 5.20. The first-order chi connectivity index (χ1) is 13.3. The third kappa shape index (κ3) is 3.85. The molecule has 1 heterocycles. The van der Waals surface area contributed by atoms with E-state index in [-0.39, 0.29) is 6.03 Å². The molecule has 1 aromatic heterocycles. The van der Waals surface area contributed by atoms with Crippen LogP contribution >= 0.6 is 0 Å². The van der Waals surface area contributed by atoms with Gasteiger partial charge in [-0.3, -0.25) is 0 Å². The Balaban J connectivity index is 1.53. The number of H-pyrrole nitrogens is 1. The van der Waals surface area contributed by atoms with E-state index in [0.29, 0.717) is 6.54 Å². The van der Waals surface area contributed by atoms with Crippen LogP contribution in [0, 0.1) is 0 Å². The van der Waals surface area contributed by atoms with E-state index in [2.05, 4.69) is 27.8 Å². The lowest BCUT2D eigenvalue weighted by Gasteiger charge is -2.09. The van der Waals surface area contributed by atoms with E-state index in [1.165, 1.54) is 5.56 Å². The lowest BCUT2D eigenvalue weighted by atomic mass is 10.1. The quantitative estimate of drug-likeness (QED) is 0.453. The summed E-state index contributed by atoms with van der Waals surface area (Å²) in [6, 6.07) is 27.9. The molecular formula is C23H21N3O. The Kier molecular flexibility index (Phi) is 4.88. The summed E-state index contributed by atoms with van der Waals surface area (Å²) in [5.74, 6) is 0. The lowest BCUT2D eigenvalue weighted by molar-refractivity contribution is 0.252. The normalized spacial score (nSPS) is 10.7. The van der Waals surface area contributed by atoms with Gasteiger partial charge in [0.05, 0.1) is 11.4 Å². The van der Waals surface area contributed by atoms with Crippen LogP contribution in [0.1, 0.15) is 5.56 Å². The van der Waals surface area contributed by atoms with Crippen molar-refractivity contribution in [1.29, 1.82) is 0 Å². The second kappa shape index (κ2) is 7.79. The fourth-order valence-electron chi connectivity index (χ4n) is 3.22. The van der Waals surface area contributed by atoms with Crippen molar-refractivity contribution in [2.24, 2.45) is 0 Å². The average Bonchev–Trinajstić information content (AvgIpc) is 3.08. The molecule has 0 aliphatic rings. The average molecular weight is 355 g/mol.